The summed E-state index contributed by atoms with van der Waals surface area (Å²) >= 11 is 1.97. The first-order valence-electron chi connectivity index (χ1n) is 3.27. The molecule has 0 amide bonds. The van der Waals surface area contributed by atoms with E-state index in [0.29, 0.717) is 14.7 Å². The normalized spacial score (nSPS) is 10.4. The Hall–Kier alpha value is -0.980. The van der Waals surface area contributed by atoms with Crippen molar-refractivity contribution in [3.8, 4) is 0 Å². The fourth-order valence-electron chi connectivity index (χ4n) is 0.954. The van der Waals surface area contributed by atoms with Gasteiger partial charge in [0, 0.05) is 12.4 Å². The van der Waals surface area contributed by atoms with Gasteiger partial charge in [0.2, 0.25) is 0 Å². The number of nitrogens with zero attached hydrogens (tertiary/aromatic N) is 2. The van der Waals surface area contributed by atoms with Gasteiger partial charge in [-0.1, -0.05) is 0 Å². The third-order valence-corrected chi connectivity index (χ3v) is 1.99. The zero-order valence-corrected chi connectivity index (χ0v) is 8.07. The Morgan fingerprint density at radius 2 is 2.33 bits per heavy atom. The molecule has 60 valence electrons. The zero-order chi connectivity index (χ0) is 8.55. The minimum Gasteiger partial charge on any atom is -0.301 e. The molecule has 12 heavy (non-hydrogen) atoms. The number of nitrogens with one attached hydrogen (secondary N) is 1. The molecule has 0 aromatic carbocycles. The monoisotopic (exact) mass is 273 g/mol. The van der Waals surface area contributed by atoms with E-state index in [9.17, 15) is 4.79 Å². The van der Waals surface area contributed by atoms with Gasteiger partial charge in [-0.15, -0.1) is 0 Å². The number of hydrogen-bond acceptors (Lipinski definition) is 3. The molecule has 0 fully saturated rings. The van der Waals surface area contributed by atoms with Crippen LogP contribution in [0.1, 0.15) is 0 Å². The van der Waals surface area contributed by atoms with Gasteiger partial charge in [0.05, 0.1) is 10.9 Å². The largest absolute Gasteiger partial charge is 0.301 e. The molecule has 0 aliphatic carbocycles. The number of halogens is 1. The van der Waals surface area contributed by atoms with Crippen LogP contribution in [0.5, 0.6) is 0 Å². The Kier molecular flexibility index (Phi) is 1.80. The number of pyridine rings is 1. The predicted molar refractivity (Wildman–Crippen MR) is 52.9 cm³/mol. The Morgan fingerprint density at radius 3 is 3.17 bits per heavy atom. The van der Waals surface area contributed by atoms with Crippen LogP contribution in [0, 0.1) is 3.83 Å². The van der Waals surface area contributed by atoms with Gasteiger partial charge in [0.25, 0.3) is 5.56 Å². The summed E-state index contributed by atoms with van der Waals surface area (Å²) in [6, 6.07) is 1.72. The van der Waals surface area contributed by atoms with Gasteiger partial charge in [-0.2, -0.15) is 0 Å². The summed E-state index contributed by atoms with van der Waals surface area (Å²) in [4.78, 5) is 21.8. The van der Waals surface area contributed by atoms with Crippen molar-refractivity contribution in [3.63, 3.8) is 0 Å². The van der Waals surface area contributed by atoms with Gasteiger partial charge in [0.15, 0.2) is 3.83 Å². The highest BCUT2D eigenvalue weighted by Gasteiger charge is 1.99. The summed E-state index contributed by atoms with van der Waals surface area (Å²) in [6.45, 7) is 0. The number of H-pyrrole nitrogens is 1. The maximum Gasteiger partial charge on any atom is 0.260 e. The van der Waals surface area contributed by atoms with Gasteiger partial charge >= 0.3 is 0 Å². The molecule has 5 heteroatoms. The van der Waals surface area contributed by atoms with Crippen LogP contribution in [0.15, 0.2) is 23.3 Å². The van der Waals surface area contributed by atoms with Crippen LogP contribution in [0.3, 0.4) is 0 Å². The Balaban J connectivity index is 2.99. The first kappa shape index (κ1) is 7.66. The fourth-order valence-corrected chi connectivity index (χ4v) is 1.46. The molecule has 1 N–H and O–H groups in total. The second-order valence-electron chi connectivity index (χ2n) is 2.25. The molecule has 2 aromatic rings. The summed E-state index contributed by atoms with van der Waals surface area (Å²) in [6.07, 6.45) is 3.13. The standard InChI is InChI=1S/C7H4IN3O/c8-7-10-5-1-2-9-3-4(5)6(12)11-7/h1-3H,(H,10,11,12). The lowest BCUT2D eigenvalue weighted by Gasteiger charge is -1.94. The Bertz CT molecular complexity index is 479. The molecular weight excluding hydrogens is 269 g/mol. The van der Waals surface area contributed by atoms with Gasteiger partial charge in [-0.05, 0) is 28.7 Å². The van der Waals surface area contributed by atoms with E-state index in [1.807, 2.05) is 22.6 Å². The van der Waals surface area contributed by atoms with E-state index in [1.54, 1.807) is 12.3 Å². The molecule has 0 aliphatic heterocycles. The van der Waals surface area contributed by atoms with E-state index < -0.39 is 0 Å². The maximum atomic E-state index is 11.3. The average molecular weight is 273 g/mol. The first-order valence-corrected chi connectivity index (χ1v) is 4.35. The number of aromatic nitrogens is 3. The molecule has 0 aliphatic rings. The zero-order valence-electron chi connectivity index (χ0n) is 5.91. The summed E-state index contributed by atoms with van der Waals surface area (Å²) in [5.41, 5.74) is 0.538. The SMILES string of the molecule is O=c1[nH]c(I)nc2ccncc12. The second-order valence-corrected chi connectivity index (χ2v) is 3.27. The average Bonchev–Trinajstić information content (AvgIpc) is 2.04. The number of fused-ring (bicyclic) bond motifs is 1. The predicted octanol–water partition coefficient (Wildman–Crippen LogP) is 0.923. The topological polar surface area (TPSA) is 58.6 Å². The quantitative estimate of drug-likeness (QED) is 0.573. The van der Waals surface area contributed by atoms with Crippen molar-refractivity contribution in [1.82, 2.24) is 15.0 Å². The lowest BCUT2D eigenvalue weighted by Crippen LogP contribution is -2.09. The van der Waals surface area contributed by atoms with Crippen LogP contribution >= 0.6 is 22.6 Å². The number of aromatic amines is 1. The van der Waals surface area contributed by atoms with E-state index in [2.05, 4.69) is 15.0 Å². The third kappa shape index (κ3) is 1.20. The minimum atomic E-state index is -0.141. The molecule has 0 saturated carbocycles. The van der Waals surface area contributed by atoms with E-state index in [1.165, 1.54) is 6.20 Å². The van der Waals surface area contributed by atoms with Crippen molar-refractivity contribution in [1.29, 1.82) is 0 Å². The highest BCUT2D eigenvalue weighted by atomic mass is 127. The lowest BCUT2D eigenvalue weighted by molar-refractivity contribution is 1.10. The van der Waals surface area contributed by atoms with Crippen molar-refractivity contribution >= 4 is 33.5 Å². The smallest absolute Gasteiger partial charge is 0.260 e. The summed E-state index contributed by atoms with van der Waals surface area (Å²) in [5, 5.41) is 0.526. The highest BCUT2D eigenvalue weighted by molar-refractivity contribution is 14.1. The van der Waals surface area contributed by atoms with Crippen molar-refractivity contribution < 1.29 is 0 Å². The van der Waals surface area contributed by atoms with Gasteiger partial charge in [-0.25, -0.2) is 4.98 Å². The highest BCUT2D eigenvalue weighted by Crippen LogP contribution is 2.04. The minimum absolute atomic E-state index is 0.141. The Morgan fingerprint density at radius 1 is 1.50 bits per heavy atom. The first-order chi connectivity index (χ1) is 5.77. The maximum absolute atomic E-state index is 11.3. The van der Waals surface area contributed by atoms with Crippen molar-refractivity contribution in [3.05, 3.63) is 32.6 Å². The van der Waals surface area contributed by atoms with E-state index in [-0.39, 0.29) is 5.56 Å². The number of rotatable bonds is 0. The molecule has 4 nitrogen and oxygen atoms in total. The summed E-state index contributed by atoms with van der Waals surface area (Å²) in [5.74, 6) is 0. The molecule has 0 unspecified atom stereocenters. The van der Waals surface area contributed by atoms with E-state index >= 15 is 0 Å². The van der Waals surface area contributed by atoms with Crippen molar-refractivity contribution in [2.24, 2.45) is 0 Å². The van der Waals surface area contributed by atoms with Crippen LogP contribution < -0.4 is 5.56 Å². The summed E-state index contributed by atoms with van der Waals surface area (Å²) < 4.78 is 0.594. The molecule has 0 atom stereocenters. The van der Waals surface area contributed by atoms with Crippen LogP contribution in [-0.4, -0.2) is 15.0 Å². The molecule has 0 radical (unpaired) electrons. The fraction of sp³-hybridized carbons (Fsp3) is 0. The van der Waals surface area contributed by atoms with Crippen LogP contribution in [0.2, 0.25) is 0 Å². The second kappa shape index (κ2) is 2.81. The van der Waals surface area contributed by atoms with Crippen LogP contribution in [-0.2, 0) is 0 Å². The van der Waals surface area contributed by atoms with Gasteiger partial charge in [-0.3, -0.25) is 9.78 Å². The Labute approximate surface area is 81.2 Å². The molecule has 2 rings (SSSR count). The van der Waals surface area contributed by atoms with Gasteiger partial charge in [0.1, 0.15) is 0 Å². The van der Waals surface area contributed by atoms with Crippen LogP contribution in [0.25, 0.3) is 10.9 Å². The van der Waals surface area contributed by atoms with Gasteiger partial charge < -0.3 is 4.98 Å². The molecule has 2 heterocycles. The lowest BCUT2D eigenvalue weighted by atomic mass is 10.3. The van der Waals surface area contributed by atoms with E-state index in [4.69, 9.17) is 0 Å². The third-order valence-electron chi connectivity index (χ3n) is 1.48. The van der Waals surface area contributed by atoms with Crippen molar-refractivity contribution in [2.75, 3.05) is 0 Å². The molecule has 0 saturated heterocycles. The summed E-state index contributed by atoms with van der Waals surface area (Å²) in [7, 11) is 0. The molecule has 0 bridgehead atoms. The van der Waals surface area contributed by atoms with Crippen LogP contribution in [0.4, 0.5) is 0 Å². The number of hydrogen-bond donors (Lipinski definition) is 1. The molecule has 2 aromatic heterocycles. The molecular formula is C7H4IN3O. The molecule has 0 spiro atoms. The van der Waals surface area contributed by atoms with Crippen molar-refractivity contribution in [2.45, 2.75) is 0 Å². The van der Waals surface area contributed by atoms with E-state index in [0.717, 1.165) is 0 Å².